The molecule has 7 heteroatoms. The van der Waals surface area contributed by atoms with Crippen LogP contribution < -0.4 is 5.43 Å². The van der Waals surface area contributed by atoms with Crippen molar-refractivity contribution in [2.75, 3.05) is 0 Å². The van der Waals surface area contributed by atoms with E-state index in [2.05, 4.69) is 10.1 Å². The van der Waals surface area contributed by atoms with Gasteiger partial charge in [0, 0.05) is 6.07 Å². The third kappa shape index (κ3) is 1.67. The molecule has 5 nitrogen and oxygen atoms in total. The number of halogens is 2. The Bertz CT molecular complexity index is 783. The van der Waals surface area contributed by atoms with E-state index in [0.29, 0.717) is 0 Å². The van der Waals surface area contributed by atoms with Gasteiger partial charge in [-0.2, -0.15) is 9.78 Å². The summed E-state index contributed by atoms with van der Waals surface area (Å²) in [5.41, 5.74) is -0.279. The number of hydrogen-bond acceptors (Lipinski definition) is 4. The molecule has 3 aromatic rings. The molecule has 2 heterocycles. The van der Waals surface area contributed by atoms with Crippen LogP contribution in [0.3, 0.4) is 0 Å². The molecule has 0 aliphatic carbocycles. The predicted molar refractivity (Wildman–Crippen MR) is 62.4 cm³/mol. The molecule has 0 N–H and O–H groups in total. The molecule has 2 aromatic heterocycles. The van der Waals surface area contributed by atoms with E-state index in [1.54, 1.807) is 0 Å². The molecule has 0 aliphatic heterocycles. The lowest BCUT2D eigenvalue weighted by Crippen LogP contribution is -2.05. The average Bonchev–Trinajstić information content (AvgIpc) is 2.83. The SMILES string of the molecule is O=c1cc(-n2cncn2)oc2c(Cl)cc(F)cc12. The average molecular weight is 266 g/mol. The Morgan fingerprint density at radius 3 is 2.89 bits per heavy atom. The van der Waals surface area contributed by atoms with Crippen LogP contribution in [-0.2, 0) is 0 Å². The summed E-state index contributed by atoms with van der Waals surface area (Å²) in [7, 11) is 0. The molecule has 0 unspecified atom stereocenters. The Morgan fingerprint density at radius 2 is 2.17 bits per heavy atom. The molecule has 18 heavy (non-hydrogen) atoms. The molecule has 0 amide bonds. The molecular weight excluding hydrogens is 261 g/mol. The zero-order valence-electron chi connectivity index (χ0n) is 8.80. The van der Waals surface area contributed by atoms with Crippen LogP contribution >= 0.6 is 11.6 Å². The number of rotatable bonds is 1. The molecule has 90 valence electrons. The second-order valence-corrected chi connectivity index (χ2v) is 3.96. The quantitative estimate of drug-likeness (QED) is 0.676. The minimum absolute atomic E-state index is 0.0315. The summed E-state index contributed by atoms with van der Waals surface area (Å²) >= 11 is 5.85. The van der Waals surface area contributed by atoms with Gasteiger partial charge in [-0.25, -0.2) is 9.37 Å². The van der Waals surface area contributed by atoms with Crippen LogP contribution in [0.2, 0.25) is 5.02 Å². The molecule has 0 fully saturated rings. The molecule has 0 aliphatic rings. The monoisotopic (exact) mass is 265 g/mol. The van der Waals surface area contributed by atoms with Gasteiger partial charge in [-0.1, -0.05) is 11.6 Å². The Labute approximate surface area is 104 Å². The normalized spacial score (nSPS) is 11.0. The number of benzene rings is 1. The maximum atomic E-state index is 13.2. The highest BCUT2D eigenvalue weighted by Gasteiger charge is 2.11. The van der Waals surface area contributed by atoms with E-state index in [4.69, 9.17) is 16.0 Å². The first kappa shape index (κ1) is 10.9. The van der Waals surface area contributed by atoms with E-state index in [9.17, 15) is 9.18 Å². The fraction of sp³-hybridized carbons (Fsp3) is 0. The topological polar surface area (TPSA) is 60.9 Å². The fourth-order valence-corrected chi connectivity index (χ4v) is 1.85. The molecule has 0 saturated heterocycles. The van der Waals surface area contributed by atoms with Gasteiger partial charge in [-0.3, -0.25) is 4.79 Å². The smallest absolute Gasteiger partial charge is 0.225 e. The third-order valence-electron chi connectivity index (χ3n) is 2.38. The summed E-state index contributed by atoms with van der Waals surface area (Å²) in [6.07, 6.45) is 2.68. The van der Waals surface area contributed by atoms with E-state index in [-0.39, 0.29) is 21.9 Å². The van der Waals surface area contributed by atoms with Crippen molar-refractivity contribution in [1.82, 2.24) is 14.8 Å². The Kier molecular flexibility index (Phi) is 2.38. The van der Waals surface area contributed by atoms with E-state index in [0.717, 1.165) is 12.1 Å². The van der Waals surface area contributed by atoms with Crippen molar-refractivity contribution in [2.45, 2.75) is 0 Å². The minimum atomic E-state index is -0.590. The number of aromatic nitrogens is 3. The van der Waals surface area contributed by atoms with Gasteiger partial charge >= 0.3 is 0 Å². The molecule has 0 bridgehead atoms. The number of hydrogen-bond donors (Lipinski definition) is 0. The maximum Gasteiger partial charge on any atom is 0.225 e. The Hall–Kier alpha value is -2.21. The van der Waals surface area contributed by atoms with Gasteiger partial charge in [0.1, 0.15) is 18.5 Å². The molecular formula is C11H5ClFN3O2. The Morgan fingerprint density at radius 1 is 1.33 bits per heavy atom. The Balaban J connectivity index is 2.38. The van der Waals surface area contributed by atoms with Crippen molar-refractivity contribution >= 4 is 22.6 Å². The first-order valence-electron chi connectivity index (χ1n) is 4.93. The largest absolute Gasteiger partial charge is 0.436 e. The lowest BCUT2D eigenvalue weighted by atomic mass is 10.2. The standard InChI is InChI=1S/C11H5ClFN3O2/c12-8-2-6(13)1-7-9(17)3-10(18-11(7)8)16-5-14-4-15-16/h1-5H. The lowest BCUT2D eigenvalue weighted by Gasteiger charge is -2.03. The first-order valence-corrected chi connectivity index (χ1v) is 5.31. The lowest BCUT2D eigenvalue weighted by molar-refractivity contribution is 0.545. The van der Waals surface area contributed by atoms with Gasteiger partial charge in [0.25, 0.3) is 0 Å². The zero-order chi connectivity index (χ0) is 12.7. The second kappa shape index (κ2) is 3.92. The van der Waals surface area contributed by atoms with E-state index < -0.39 is 11.2 Å². The van der Waals surface area contributed by atoms with E-state index in [1.807, 2.05) is 0 Å². The van der Waals surface area contributed by atoms with Crippen molar-refractivity contribution in [1.29, 1.82) is 0 Å². The fourth-order valence-electron chi connectivity index (χ4n) is 1.61. The van der Waals surface area contributed by atoms with Crippen molar-refractivity contribution in [3.05, 3.63) is 51.9 Å². The third-order valence-corrected chi connectivity index (χ3v) is 2.66. The van der Waals surface area contributed by atoms with Gasteiger partial charge in [0.2, 0.25) is 5.88 Å². The van der Waals surface area contributed by atoms with Crippen LogP contribution in [0.5, 0.6) is 0 Å². The highest BCUT2D eigenvalue weighted by Crippen LogP contribution is 2.24. The van der Waals surface area contributed by atoms with Gasteiger partial charge in [-0.15, -0.1) is 0 Å². The van der Waals surface area contributed by atoms with Crippen LogP contribution in [0.1, 0.15) is 0 Å². The zero-order valence-corrected chi connectivity index (χ0v) is 9.56. The van der Waals surface area contributed by atoms with Gasteiger partial charge in [0.05, 0.1) is 10.4 Å². The molecule has 0 atom stereocenters. The van der Waals surface area contributed by atoms with Gasteiger partial charge < -0.3 is 4.42 Å². The van der Waals surface area contributed by atoms with Crippen LogP contribution in [0.15, 0.2) is 40.1 Å². The van der Waals surface area contributed by atoms with Crippen molar-refractivity contribution in [3.8, 4) is 5.88 Å². The summed E-state index contributed by atoms with van der Waals surface area (Å²) in [4.78, 5) is 15.6. The summed E-state index contributed by atoms with van der Waals surface area (Å²) in [5, 5.41) is 3.96. The maximum absolute atomic E-state index is 13.2. The highest BCUT2D eigenvalue weighted by molar-refractivity contribution is 6.34. The van der Waals surface area contributed by atoms with Crippen molar-refractivity contribution in [3.63, 3.8) is 0 Å². The second-order valence-electron chi connectivity index (χ2n) is 3.55. The summed E-state index contributed by atoms with van der Waals surface area (Å²) < 4.78 is 19.9. The van der Waals surface area contributed by atoms with Crippen LogP contribution in [0, 0.1) is 5.82 Å². The van der Waals surface area contributed by atoms with Crippen LogP contribution in [-0.4, -0.2) is 14.8 Å². The van der Waals surface area contributed by atoms with Crippen molar-refractivity contribution in [2.24, 2.45) is 0 Å². The molecule has 0 spiro atoms. The number of nitrogens with zero attached hydrogens (tertiary/aromatic N) is 3. The number of fused-ring (bicyclic) bond motifs is 1. The van der Waals surface area contributed by atoms with E-state index in [1.165, 1.54) is 23.4 Å². The molecule has 0 radical (unpaired) electrons. The van der Waals surface area contributed by atoms with E-state index >= 15 is 0 Å². The van der Waals surface area contributed by atoms with Gasteiger partial charge in [-0.05, 0) is 12.1 Å². The first-order chi connectivity index (χ1) is 8.65. The van der Waals surface area contributed by atoms with Crippen LogP contribution in [0.4, 0.5) is 4.39 Å². The van der Waals surface area contributed by atoms with Crippen LogP contribution in [0.25, 0.3) is 16.9 Å². The molecule has 0 saturated carbocycles. The summed E-state index contributed by atoms with van der Waals surface area (Å²) in [6.45, 7) is 0. The molecule has 1 aromatic carbocycles. The highest BCUT2D eigenvalue weighted by atomic mass is 35.5. The predicted octanol–water partition coefficient (Wildman–Crippen LogP) is 2.17. The summed E-state index contributed by atoms with van der Waals surface area (Å²) in [6, 6.07) is 3.36. The molecule has 3 rings (SSSR count). The minimum Gasteiger partial charge on any atom is -0.436 e. The summed E-state index contributed by atoms with van der Waals surface area (Å²) in [5.74, 6) is -0.424. The van der Waals surface area contributed by atoms with Crippen molar-refractivity contribution < 1.29 is 8.81 Å². The van der Waals surface area contributed by atoms with Gasteiger partial charge in [0.15, 0.2) is 11.0 Å².